The Morgan fingerprint density at radius 1 is 1.03 bits per heavy atom. The average Bonchev–Trinajstić information content (AvgIpc) is 3.03. The Morgan fingerprint density at radius 3 is 2.32 bits per heavy atom. The van der Waals surface area contributed by atoms with E-state index in [0.29, 0.717) is 13.1 Å². The number of amides is 1. The normalized spacial score (nSPS) is 15.9. The molecule has 2 aromatic carbocycles. The second kappa shape index (κ2) is 9.27. The van der Waals surface area contributed by atoms with Crippen LogP contribution in [0.1, 0.15) is 41.6 Å². The second-order valence-electron chi connectivity index (χ2n) is 7.22. The summed E-state index contributed by atoms with van der Waals surface area (Å²) < 4.78 is 71.7. The molecule has 0 aromatic heterocycles. The van der Waals surface area contributed by atoms with Crippen molar-refractivity contribution in [1.82, 2.24) is 4.31 Å². The first-order valence-corrected chi connectivity index (χ1v) is 11.2. The molecule has 0 spiro atoms. The Hall–Kier alpha value is -2.59. The van der Waals surface area contributed by atoms with Crippen molar-refractivity contribution < 1.29 is 31.1 Å². The van der Waals surface area contributed by atoms with Crippen LogP contribution in [-0.2, 0) is 16.2 Å². The van der Waals surface area contributed by atoms with Gasteiger partial charge in [0, 0.05) is 24.3 Å². The van der Waals surface area contributed by atoms with Gasteiger partial charge in [0.05, 0.1) is 12.7 Å². The minimum Gasteiger partial charge on any atom is -0.495 e. The Morgan fingerprint density at radius 2 is 1.71 bits per heavy atom. The van der Waals surface area contributed by atoms with Gasteiger partial charge in [0.2, 0.25) is 10.0 Å². The number of alkyl halides is 3. The lowest BCUT2D eigenvalue weighted by molar-refractivity contribution is -0.137. The summed E-state index contributed by atoms with van der Waals surface area (Å²) in [5, 5.41) is 2.39. The number of sulfonamides is 1. The minimum atomic E-state index is -4.55. The molecule has 1 heterocycles. The van der Waals surface area contributed by atoms with Crippen molar-refractivity contribution in [3.8, 4) is 5.75 Å². The van der Waals surface area contributed by atoms with Crippen LogP contribution in [0, 0.1) is 0 Å². The van der Waals surface area contributed by atoms with Gasteiger partial charge < -0.3 is 10.1 Å². The third-order valence-corrected chi connectivity index (χ3v) is 6.98. The number of benzene rings is 2. The summed E-state index contributed by atoms with van der Waals surface area (Å²) in [5.41, 5.74) is -0.955. The molecule has 0 bridgehead atoms. The lowest BCUT2D eigenvalue weighted by Gasteiger charge is -2.21. The van der Waals surface area contributed by atoms with Crippen LogP contribution in [0.4, 0.5) is 18.9 Å². The molecule has 0 radical (unpaired) electrons. The Balaban J connectivity index is 1.90. The van der Waals surface area contributed by atoms with E-state index >= 15 is 0 Å². The number of nitrogens with one attached hydrogen (secondary N) is 1. The average molecular weight is 456 g/mol. The monoisotopic (exact) mass is 456 g/mol. The van der Waals surface area contributed by atoms with Crippen LogP contribution in [0.3, 0.4) is 0 Å². The fraction of sp³-hybridized carbons (Fsp3) is 0.381. The van der Waals surface area contributed by atoms with Crippen molar-refractivity contribution in [3.63, 3.8) is 0 Å². The molecule has 3 rings (SSSR count). The molecule has 1 saturated heterocycles. The van der Waals surface area contributed by atoms with Gasteiger partial charge in [-0.25, -0.2) is 8.42 Å². The van der Waals surface area contributed by atoms with Crippen LogP contribution in [-0.4, -0.2) is 38.8 Å². The number of hydrogen-bond donors (Lipinski definition) is 1. The Labute approximate surface area is 179 Å². The van der Waals surface area contributed by atoms with E-state index in [1.165, 1.54) is 41.7 Å². The zero-order chi connectivity index (χ0) is 22.6. The Kier molecular flexibility index (Phi) is 6.90. The summed E-state index contributed by atoms with van der Waals surface area (Å²) >= 11 is 0. The van der Waals surface area contributed by atoms with Crippen molar-refractivity contribution in [2.24, 2.45) is 0 Å². The summed E-state index contributed by atoms with van der Waals surface area (Å²) in [7, 11) is -2.57. The molecule has 0 saturated carbocycles. The van der Waals surface area contributed by atoms with Gasteiger partial charge in [-0.15, -0.1) is 0 Å². The molecule has 6 nitrogen and oxygen atoms in total. The lowest BCUT2D eigenvalue weighted by atomic mass is 10.1. The number of nitrogens with zero attached hydrogens (tertiary/aromatic N) is 1. The van der Waals surface area contributed by atoms with E-state index < -0.39 is 27.7 Å². The van der Waals surface area contributed by atoms with Crippen LogP contribution in [0.15, 0.2) is 47.4 Å². The predicted molar refractivity (Wildman–Crippen MR) is 110 cm³/mol. The van der Waals surface area contributed by atoms with Crippen molar-refractivity contribution in [2.45, 2.75) is 36.8 Å². The van der Waals surface area contributed by atoms with E-state index in [9.17, 15) is 26.4 Å². The molecule has 1 N–H and O–H groups in total. The van der Waals surface area contributed by atoms with E-state index in [2.05, 4.69) is 5.32 Å². The third-order valence-electron chi connectivity index (χ3n) is 5.06. The van der Waals surface area contributed by atoms with E-state index in [0.717, 1.165) is 37.8 Å². The molecule has 1 aliphatic rings. The third kappa shape index (κ3) is 5.37. The first-order chi connectivity index (χ1) is 14.6. The number of hydrogen-bond acceptors (Lipinski definition) is 4. The lowest BCUT2D eigenvalue weighted by Crippen LogP contribution is -2.32. The van der Waals surface area contributed by atoms with Crippen molar-refractivity contribution >= 4 is 21.6 Å². The largest absolute Gasteiger partial charge is 0.495 e. The summed E-state index contributed by atoms with van der Waals surface area (Å²) in [6.07, 6.45) is -1.16. The number of ether oxygens (including phenoxy) is 1. The van der Waals surface area contributed by atoms with Crippen molar-refractivity contribution in [3.05, 3.63) is 53.6 Å². The molecular formula is C21H23F3N2O4S. The van der Waals surface area contributed by atoms with Crippen molar-refractivity contribution in [2.75, 3.05) is 25.5 Å². The number of anilines is 1. The van der Waals surface area contributed by atoms with Gasteiger partial charge in [-0.2, -0.15) is 17.5 Å². The molecule has 0 aliphatic carbocycles. The molecular weight excluding hydrogens is 433 g/mol. The molecule has 1 fully saturated rings. The fourth-order valence-electron chi connectivity index (χ4n) is 3.42. The van der Waals surface area contributed by atoms with Gasteiger partial charge >= 0.3 is 6.18 Å². The number of carbonyl (C=O) groups excluding carboxylic acids is 1. The number of halogens is 3. The van der Waals surface area contributed by atoms with Gasteiger partial charge in [0.15, 0.2) is 0 Å². The summed E-state index contributed by atoms with van der Waals surface area (Å²) in [6.45, 7) is 0.762. The van der Waals surface area contributed by atoms with Crippen LogP contribution < -0.4 is 10.1 Å². The molecule has 0 atom stereocenters. The summed E-state index contributed by atoms with van der Waals surface area (Å²) in [4.78, 5) is 12.5. The zero-order valence-corrected chi connectivity index (χ0v) is 17.7. The number of methoxy groups -OCH3 is 1. The smallest absolute Gasteiger partial charge is 0.416 e. The van der Waals surface area contributed by atoms with Gasteiger partial charge in [-0.1, -0.05) is 18.9 Å². The maximum absolute atomic E-state index is 13.2. The quantitative estimate of drug-likeness (QED) is 0.717. The molecule has 2 aromatic rings. The first kappa shape index (κ1) is 23.1. The Bertz CT molecular complexity index is 1050. The number of carbonyl (C=O) groups is 1. The highest BCUT2D eigenvalue weighted by atomic mass is 32.2. The first-order valence-electron chi connectivity index (χ1n) is 9.80. The SMILES string of the molecule is COc1ccc(C(=O)Nc2cccc(C(F)(F)F)c2)cc1S(=O)(=O)N1CCCCCC1. The molecule has 1 amide bonds. The van der Waals surface area contributed by atoms with Crippen molar-refractivity contribution in [1.29, 1.82) is 0 Å². The number of rotatable bonds is 5. The molecule has 31 heavy (non-hydrogen) atoms. The van der Waals surface area contributed by atoms with E-state index in [-0.39, 0.29) is 21.9 Å². The van der Waals surface area contributed by atoms with Gasteiger partial charge in [0.1, 0.15) is 10.6 Å². The van der Waals surface area contributed by atoms with Crippen LogP contribution in [0.5, 0.6) is 5.75 Å². The van der Waals surface area contributed by atoms with E-state index in [1.807, 2.05) is 0 Å². The molecule has 0 unspecified atom stereocenters. The standard InChI is InChI=1S/C21H23F3N2O4S/c1-30-18-10-9-15(13-19(18)31(28,29)26-11-4-2-3-5-12-26)20(27)25-17-8-6-7-16(14-17)21(22,23)24/h6-10,13-14H,2-5,11-12H2,1H3,(H,25,27). The van der Waals surface area contributed by atoms with Gasteiger partial charge in [-0.05, 0) is 49.2 Å². The van der Waals surface area contributed by atoms with E-state index in [1.54, 1.807) is 0 Å². The zero-order valence-electron chi connectivity index (χ0n) is 16.9. The highest BCUT2D eigenvalue weighted by Gasteiger charge is 2.31. The predicted octanol–water partition coefficient (Wildman–Crippen LogP) is 4.53. The molecule has 1 aliphatic heterocycles. The van der Waals surface area contributed by atoms with Gasteiger partial charge in [0.25, 0.3) is 5.91 Å². The topological polar surface area (TPSA) is 75.7 Å². The molecule has 10 heteroatoms. The minimum absolute atomic E-state index is 0.00777. The maximum Gasteiger partial charge on any atom is 0.416 e. The fourth-order valence-corrected chi connectivity index (χ4v) is 5.12. The highest BCUT2D eigenvalue weighted by Crippen LogP contribution is 2.32. The highest BCUT2D eigenvalue weighted by molar-refractivity contribution is 7.89. The van der Waals surface area contributed by atoms with Crippen LogP contribution in [0.25, 0.3) is 0 Å². The van der Waals surface area contributed by atoms with E-state index in [4.69, 9.17) is 4.74 Å². The van der Waals surface area contributed by atoms with Gasteiger partial charge in [-0.3, -0.25) is 4.79 Å². The van der Waals surface area contributed by atoms with Crippen LogP contribution in [0.2, 0.25) is 0 Å². The summed E-state index contributed by atoms with van der Waals surface area (Å²) in [6, 6.07) is 8.15. The molecule has 168 valence electrons. The summed E-state index contributed by atoms with van der Waals surface area (Å²) in [5.74, 6) is -0.630. The maximum atomic E-state index is 13.2. The van der Waals surface area contributed by atoms with Crippen LogP contribution >= 0.6 is 0 Å². The second-order valence-corrected chi connectivity index (χ2v) is 9.12.